The Balaban J connectivity index is 1.90. The summed E-state index contributed by atoms with van der Waals surface area (Å²) in [7, 11) is 0. The summed E-state index contributed by atoms with van der Waals surface area (Å²) in [4.78, 5) is 0. The highest BCUT2D eigenvalue weighted by Crippen LogP contribution is 2.25. The summed E-state index contributed by atoms with van der Waals surface area (Å²) in [6.07, 6.45) is 7.54. The van der Waals surface area contributed by atoms with E-state index in [1.54, 1.807) is 0 Å². The Morgan fingerprint density at radius 2 is 2.06 bits per heavy atom. The van der Waals surface area contributed by atoms with Gasteiger partial charge in [-0.15, -0.1) is 0 Å². The van der Waals surface area contributed by atoms with Crippen molar-refractivity contribution in [3.63, 3.8) is 0 Å². The molecule has 1 aliphatic rings. The highest BCUT2D eigenvalue weighted by atomic mass is 79.9. The van der Waals surface area contributed by atoms with E-state index in [4.69, 9.17) is 0 Å². The van der Waals surface area contributed by atoms with Gasteiger partial charge < -0.3 is 5.32 Å². The average molecular weight is 328 g/mol. The van der Waals surface area contributed by atoms with Crippen LogP contribution in [0, 0.1) is 0 Å². The molecule has 0 amide bonds. The van der Waals surface area contributed by atoms with Crippen molar-refractivity contribution in [1.29, 1.82) is 0 Å². The van der Waals surface area contributed by atoms with Crippen LogP contribution in [0.15, 0.2) is 28.7 Å². The minimum Gasteiger partial charge on any atom is -0.313 e. The standard InChI is InChI=1S/C15H22BrNS/c1-18-10-2-3-13(11-17-15-8-9-15)12-4-6-14(16)7-5-12/h4-7,13,15,17H,2-3,8-11H2,1H3. The fourth-order valence-electron chi connectivity index (χ4n) is 2.19. The van der Waals surface area contributed by atoms with Crippen LogP contribution in [0.25, 0.3) is 0 Å². The quantitative estimate of drug-likeness (QED) is 0.709. The first-order valence-electron chi connectivity index (χ1n) is 6.77. The molecular formula is C15H22BrNS. The molecule has 0 bridgehead atoms. The molecule has 1 aliphatic carbocycles. The Hall–Kier alpha value is 0.01000. The largest absolute Gasteiger partial charge is 0.313 e. The summed E-state index contributed by atoms with van der Waals surface area (Å²) in [5.74, 6) is 1.95. The smallest absolute Gasteiger partial charge is 0.0175 e. The van der Waals surface area contributed by atoms with E-state index in [0.717, 1.165) is 12.6 Å². The molecule has 1 saturated carbocycles. The SMILES string of the molecule is CSCCCC(CNC1CC1)c1ccc(Br)cc1. The van der Waals surface area contributed by atoms with Crippen LogP contribution in [0.3, 0.4) is 0 Å². The molecule has 1 N–H and O–H groups in total. The number of benzene rings is 1. The molecule has 100 valence electrons. The number of hydrogen-bond acceptors (Lipinski definition) is 2. The summed E-state index contributed by atoms with van der Waals surface area (Å²) >= 11 is 5.46. The van der Waals surface area contributed by atoms with Gasteiger partial charge in [-0.2, -0.15) is 11.8 Å². The van der Waals surface area contributed by atoms with Gasteiger partial charge in [0.05, 0.1) is 0 Å². The van der Waals surface area contributed by atoms with Crippen LogP contribution in [-0.2, 0) is 0 Å². The maximum atomic E-state index is 3.68. The first kappa shape index (κ1) is 14.4. The summed E-state index contributed by atoms with van der Waals surface area (Å²) in [5, 5.41) is 3.68. The van der Waals surface area contributed by atoms with E-state index in [1.807, 2.05) is 11.8 Å². The maximum Gasteiger partial charge on any atom is 0.0175 e. The molecule has 0 saturated heterocycles. The summed E-state index contributed by atoms with van der Waals surface area (Å²) in [6, 6.07) is 9.66. The van der Waals surface area contributed by atoms with Crippen molar-refractivity contribution >= 4 is 27.7 Å². The fraction of sp³-hybridized carbons (Fsp3) is 0.600. The zero-order valence-electron chi connectivity index (χ0n) is 11.0. The van der Waals surface area contributed by atoms with Gasteiger partial charge in [-0.05, 0) is 61.3 Å². The van der Waals surface area contributed by atoms with Gasteiger partial charge in [0.25, 0.3) is 0 Å². The van der Waals surface area contributed by atoms with Crippen LogP contribution in [-0.4, -0.2) is 24.6 Å². The second-order valence-corrected chi connectivity index (χ2v) is 6.97. The molecule has 1 fully saturated rings. The van der Waals surface area contributed by atoms with Crippen LogP contribution in [0.1, 0.15) is 37.2 Å². The molecule has 18 heavy (non-hydrogen) atoms. The molecule has 2 rings (SSSR count). The number of rotatable bonds is 8. The van der Waals surface area contributed by atoms with Crippen LogP contribution >= 0.6 is 27.7 Å². The highest BCUT2D eigenvalue weighted by molar-refractivity contribution is 9.10. The molecule has 0 aromatic heterocycles. The molecule has 1 aromatic rings. The van der Waals surface area contributed by atoms with Gasteiger partial charge in [-0.1, -0.05) is 28.1 Å². The topological polar surface area (TPSA) is 12.0 Å². The number of halogens is 1. The minimum absolute atomic E-state index is 0.672. The molecule has 1 aromatic carbocycles. The third-order valence-corrected chi connectivity index (χ3v) is 4.70. The first-order valence-corrected chi connectivity index (χ1v) is 8.96. The molecule has 0 radical (unpaired) electrons. The van der Waals surface area contributed by atoms with Gasteiger partial charge in [-0.3, -0.25) is 0 Å². The van der Waals surface area contributed by atoms with Crippen molar-refractivity contribution in [2.75, 3.05) is 18.6 Å². The molecule has 0 spiro atoms. The molecule has 0 heterocycles. The van der Waals surface area contributed by atoms with E-state index in [0.29, 0.717) is 5.92 Å². The van der Waals surface area contributed by atoms with E-state index in [1.165, 1.54) is 41.5 Å². The van der Waals surface area contributed by atoms with Gasteiger partial charge in [0.2, 0.25) is 0 Å². The third-order valence-electron chi connectivity index (χ3n) is 3.47. The Kier molecular flexibility index (Phi) is 6.06. The summed E-state index contributed by atoms with van der Waals surface area (Å²) in [6.45, 7) is 1.14. The minimum atomic E-state index is 0.672. The lowest BCUT2D eigenvalue weighted by molar-refractivity contribution is 0.544. The number of nitrogens with one attached hydrogen (secondary N) is 1. The molecule has 1 atom stereocenters. The fourth-order valence-corrected chi connectivity index (χ4v) is 2.91. The highest BCUT2D eigenvalue weighted by Gasteiger charge is 2.22. The van der Waals surface area contributed by atoms with Gasteiger partial charge in [0, 0.05) is 17.1 Å². The molecule has 0 aliphatic heterocycles. The van der Waals surface area contributed by atoms with Crippen LogP contribution < -0.4 is 5.32 Å². The Bertz CT molecular complexity index is 348. The zero-order chi connectivity index (χ0) is 12.8. The van der Waals surface area contributed by atoms with E-state index in [2.05, 4.69) is 51.8 Å². The van der Waals surface area contributed by atoms with E-state index >= 15 is 0 Å². The predicted octanol–water partition coefficient (Wildman–Crippen LogP) is 4.43. The lowest BCUT2D eigenvalue weighted by Crippen LogP contribution is -2.23. The van der Waals surface area contributed by atoms with E-state index < -0.39 is 0 Å². The number of hydrogen-bond donors (Lipinski definition) is 1. The van der Waals surface area contributed by atoms with Gasteiger partial charge in [-0.25, -0.2) is 0 Å². The van der Waals surface area contributed by atoms with Gasteiger partial charge in [0.15, 0.2) is 0 Å². The van der Waals surface area contributed by atoms with Crippen molar-refractivity contribution in [3.8, 4) is 0 Å². The molecule has 3 heteroatoms. The summed E-state index contributed by atoms with van der Waals surface area (Å²) in [5.41, 5.74) is 1.48. The second-order valence-electron chi connectivity index (χ2n) is 5.07. The monoisotopic (exact) mass is 327 g/mol. The molecular weight excluding hydrogens is 306 g/mol. The van der Waals surface area contributed by atoms with E-state index in [9.17, 15) is 0 Å². The zero-order valence-corrected chi connectivity index (χ0v) is 13.4. The van der Waals surface area contributed by atoms with Crippen LogP contribution in [0.5, 0.6) is 0 Å². The van der Waals surface area contributed by atoms with Crippen LogP contribution in [0.4, 0.5) is 0 Å². The van der Waals surface area contributed by atoms with E-state index in [-0.39, 0.29) is 0 Å². The van der Waals surface area contributed by atoms with Crippen molar-refractivity contribution in [2.24, 2.45) is 0 Å². The van der Waals surface area contributed by atoms with Crippen molar-refractivity contribution in [1.82, 2.24) is 5.32 Å². The lowest BCUT2D eigenvalue weighted by Gasteiger charge is -2.18. The Morgan fingerprint density at radius 1 is 1.33 bits per heavy atom. The van der Waals surface area contributed by atoms with Crippen molar-refractivity contribution in [2.45, 2.75) is 37.6 Å². The van der Waals surface area contributed by atoms with Crippen molar-refractivity contribution < 1.29 is 0 Å². The van der Waals surface area contributed by atoms with Gasteiger partial charge in [0.1, 0.15) is 0 Å². The maximum absolute atomic E-state index is 3.68. The molecule has 1 unspecified atom stereocenters. The third kappa shape index (κ3) is 4.94. The van der Waals surface area contributed by atoms with Crippen LogP contribution in [0.2, 0.25) is 0 Å². The average Bonchev–Trinajstić information content (AvgIpc) is 3.19. The number of thioether (sulfide) groups is 1. The van der Waals surface area contributed by atoms with Crippen molar-refractivity contribution in [3.05, 3.63) is 34.3 Å². The predicted molar refractivity (Wildman–Crippen MR) is 85.5 cm³/mol. The lowest BCUT2D eigenvalue weighted by atomic mass is 9.94. The molecule has 1 nitrogen and oxygen atoms in total. The Labute approximate surface area is 123 Å². The second kappa shape index (κ2) is 7.56. The normalized spacial score (nSPS) is 16.8. The van der Waals surface area contributed by atoms with Gasteiger partial charge >= 0.3 is 0 Å². The summed E-state index contributed by atoms with van der Waals surface area (Å²) < 4.78 is 1.17. The first-order chi connectivity index (χ1) is 8.79. The Morgan fingerprint density at radius 3 is 2.67 bits per heavy atom.